The van der Waals surface area contributed by atoms with Crippen molar-refractivity contribution in [3.05, 3.63) is 28.5 Å². The van der Waals surface area contributed by atoms with E-state index in [2.05, 4.69) is 30.0 Å². The maximum absolute atomic E-state index is 4.21. The third-order valence-corrected chi connectivity index (χ3v) is 2.51. The Kier molecular flexibility index (Phi) is 2.57. The summed E-state index contributed by atoms with van der Waals surface area (Å²) in [5, 5.41) is 4.24. The van der Waals surface area contributed by atoms with E-state index in [0.29, 0.717) is 0 Å². The normalized spacial score (nSPS) is 9.80. The molecule has 1 rings (SSSR count). The summed E-state index contributed by atoms with van der Waals surface area (Å²) >= 11 is 5.92. The Balaban J connectivity index is 3.01. The average molecular weight is 170 g/mol. The highest BCUT2D eigenvalue weighted by Crippen LogP contribution is 2.22. The maximum atomic E-state index is 4.21. The molecule has 54 valence electrons. The number of rotatable bonds is 2. The maximum Gasteiger partial charge on any atom is 0.0168 e. The molecule has 10 heavy (non-hydrogen) atoms. The van der Waals surface area contributed by atoms with Crippen LogP contribution in [0.3, 0.4) is 0 Å². The van der Waals surface area contributed by atoms with Crippen LogP contribution in [0.15, 0.2) is 17.3 Å². The zero-order valence-corrected chi connectivity index (χ0v) is 7.64. The Labute approximate surface area is 71.0 Å². The zero-order chi connectivity index (χ0) is 7.56. The second-order valence-electron chi connectivity index (χ2n) is 2.25. The van der Waals surface area contributed by atoms with Crippen molar-refractivity contribution in [2.45, 2.75) is 12.7 Å². The standard InChI is InChI=1S/C8H10S2/c1-6(2)8-5-10-4-7(8)3-9/h4-5,9H,1,3H2,2H3. The number of allylic oxidation sites excluding steroid dienone is 1. The molecule has 0 N–H and O–H groups in total. The van der Waals surface area contributed by atoms with Gasteiger partial charge in [-0.25, -0.2) is 0 Å². The van der Waals surface area contributed by atoms with Crippen LogP contribution in [-0.4, -0.2) is 0 Å². The summed E-state index contributed by atoms with van der Waals surface area (Å²) < 4.78 is 0. The van der Waals surface area contributed by atoms with Crippen LogP contribution >= 0.6 is 24.0 Å². The van der Waals surface area contributed by atoms with Gasteiger partial charge in [0.15, 0.2) is 0 Å². The van der Waals surface area contributed by atoms with Gasteiger partial charge in [0.1, 0.15) is 0 Å². The van der Waals surface area contributed by atoms with E-state index in [1.54, 1.807) is 11.3 Å². The van der Waals surface area contributed by atoms with E-state index in [9.17, 15) is 0 Å². The molecule has 0 spiro atoms. The van der Waals surface area contributed by atoms with Gasteiger partial charge in [-0.3, -0.25) is 0 Å². The first-order valence-electron chi connectivity index (χ1n) is 3.07. The van der Waals surface area contributed by atoms with Crippen molar-refractivity contribution < 1.29 is 0 Å². The summed E-state index contributed by atoms with van der Waals surface area (Å²) in [5.74, 6) is 0.811. The Morgan fingerprint density at radius 2 is 2.40 bits per heavy atom. The molecule has 0 aromatic carbocycles. The Morgan fingerprint density at radius 3 is 2.80 bits per heavy atom. The molecule has 0 aliphatic carbocycles. The first-order chi connectivity index (χ1) is 4.75. The number of thiol groups is 1. The van der Waals surface area contributed by atoms with Gasteiger partial charge in [-0.2, -0.15) is 24.0 Å². The smallest absolute Gasteiger partial charge is 0.0168 e. The molecule has 0 unspecified atom stereocenters. The summed E-state index contributed by atoms with van der Waals surface area (Å²) in [6.45, 7) is 5.90. The predicted octanol–water partition coefficient (Wildman–Crippen LogP) is 3.21. The van der Waals surface area contributed by atoms with E-state index in [1.807, 2.05) is 6.92 Å². The molecule has 1 heterocycles. The van der Waals surface area contributed by atoms with Gasteiger partial charge in [-0.1, -0.05) is 6.58 Å². The number of hydrogen-bond acceptors (Lipinski definition) is 2. The fourth-order valence-corrected chi connectivity index (χ4v) is 2.14. The van der Waals surface area contributed by atoms with Gasteiger partial charge in [-0.15, -0.1) is 0 Å². The third kappa shape index (κ3) is 1.44. The average Bonchev–Trinajstić information content (AvgIpc) is 2.33. The predicted molar refractivity (Wildman–Crippen MR) is 51.7 cm³/mol. The summed E-state index contributed by atoms with van der Waals surface area (Å²) in [7, 11) is 0. The van der Waals surface area contributed by atoms with E-state index in [1.165, 1.54) is 11.1 Å². The molecule has 0 saturated heterocycles. The molecule has 0 fully saturated rings. The summed E-state index contributed by atoms with van der Waals surface area (Å²) in [5.41, 5.74) is 3.69. The number of hydrogen-bond donors (Lipinski definition) is 1. The molecule has 0 amide bonds. The molecular weight excluding hydrogens is 160 g/mol. The lowest BCUT2D eigenvalue weighted by atomic mass is 10.1. The molecule has 2 heteroatoms. The molecule has 0 atom stereocenters. The Morgan fingerprint density at radius 1 is 1.70 bits per heavy atom. The zero-order valence-electron chi connectivity index (χ0n) is 5.92. The van der Waals surface area contributed by atoms with E-state index >= 15 is 0 Å². The van der Waals surface area contributed by atoms with Crippen molar-refractivity contribution in [2.24, 2.45) is 0 Å². The first kappa shape index (κ1) is 7.89. The molecule has 0 aliphatic rings. The first-order valence-corrected chi connectivity index (χ1v) is 4.65. The minimum absolute atomic E-state index is 0.811. The molecule has 1 aromatic heterocycles. The molecule has 0 aliphatic heterocycles. The Hall–Kier alpha value is -0.210. The minimum Gasteiger partial charge on any atom is -0.174 e. The summed E-state index contributed by atoms with van der Waals surface area (Å²) in [4.78, 5) is 0. The van der Waals surface area contributed by atoms with Crippen LogP contribution in [0.2, 0.25) is 0 Å². The van der Waals surface area contributed by atoms with Crippen molar-refractivity contribution in [2.75, 3.05) is 0 Å². The highest BCUT2D eigenvalue weighted by molar-refractivity contribution is 7.79. The largest absolute Gasteiger partial charge is 0.174 e. The third-order valence-electron chi connectivity index (χ3n) is 1.37. The number of thiophene rings is 1. The van der Waals surface area contributed by atoms with E-state index in [-0.39, 0.29) is 0 Å². The monoisotopic (exact) mass is 170 g/mol. The van der Waals surface area contributed by atoms with Gasteiger partial charge in [-0.05, 0) is 34.4 Å². The van der Waals surface area contributed by atoms with E-state index in [4.69, 9.17) is 0 Å². The van der Waals surface area contributed by atoms with Gasteiger partial charge < -0.3 is 0 Å². The molecule has 0 saturated carbocycles. The minimum atomic E-state index is 0.811. The fourth-order valence-electron chi connectivity index (χ4n) is 0.820. The SMILES string of the molecule is C=C(C)c1cscc1CS. The van der Waals surface area contributed by atoms with Crippen molar-refractivity contribution in [1.29, 1.82) is 0 Å². The van der Waals surface area contributed by atoms with E-state index < -0.39 is 0 Å². The lowest BCUT2D eigenvalue weighted by Gasteiger charge is -1.97. The molecule has 0 bridgehead atoms. The lowest BCUT2D eigenvalue weighted by molar-refractivity contribution is 1.44. The lowest BCUT2D eigenvalue weighted by Crippen LogP contribution is -1.79. The van der Waals surface area contributed by atoms with Crippen molar-refractivity contribution in [3.8, 4) is 0 Å². The van der Waals surface area contributed by atoms with Crippen molar-refractivity contribution in [3.63, 3.8) is 0 Å². The van der Waals surface area contributed by atoms with Crippen molar-refractivity contribution in [1.82, 2.24) is 0 Å². The van der Waals surface area contributed by atoms with Gasteiger partial charge in [0, 0.05) is 5.75 Å². The van der Waals surface area contributed by atoms with Gasteiger partial charge in [0.25, 0.3) is 0 Å². The molecular formula is C8H10S2. The molecule has 0 nitrogen and oxygen atoms in total. The fraction of sp³-hybridized carbons (Fsp3) is 0.250. The molecule has 1 aromatic rings. The van der Waals surface area contributed by atoms with Crippen LogP contribution in [0.5, 0.6) is 0 Å². The summed E-state index contributed by atoms with van der Waals surface area (Å²) in [6, 6.07) is 0. The van der Waals surface area contributed by atoms with Gasteiger partial charge >= 0.3 is 0 Å². The van der Waals surface area contributed by atoms with Crippen LogP contribution < -0.4 is 0 Å². The topological polar surface area (TPSA) is 0 Å². The van der Waals surface area contributed by atoms with Crippen molar-refractivity contribution >= 4 is 29.5 Å². The van der Waals surface area contributed by atoms with Crippen LogP contribution in [-0.2, 0) is 5.75 Å². The second-order valence-corrected chi connectivity index (χ2v) is 3.31. The van der Waals surface area contributed by atoms with Gasteiger partial charge in [0.2, 0.25) is 0 Å². The van der Waals surface area contributed by atoms with Crippen LogP contribution in [0.1, 0.15) is 18.1 Å². The summed E-state index contributed by atoms with van der Waals surface area (Å²) in [6.07, 6.45) is 0. The second kappa shape index (κ2) is 3.26. The van der Waals surface area contributed by atoms with Crippen LogP contribution in [0.25, 0.3) is 5.57 Å². The highest BCUT2D eigenvalue weighted by Gasteiger charge is 2.00. The van der Waals surface area contributed by atoms with Gasteiger partial charge in [0.05, 0.1) is 0 Å². The quantitative estimate of drug-likeness (QED) is 0.647. The molecule has 0 radical (unpaired) electrons. The van der Waals surface area contributed by atoms with E-state index in [0.717, 1.165) is 11.3 Å². The highest BCUT2D eigenvalue weighted by atomic mass is 32.1. The van der Waals surface area contributed by atoms with Crippen LogP contribution in [0.4, 0.5) is 0 Å². The Bertz CT molecular complexity index is 235. The van der Waals surface area contributed by atoms with Crippen LogP contribution in [0, 0.1) is 0 Å².